The number of rotatable bonds is 3. The van der Waals surface area contributed by atoms with Crippen LogP contribution in [0.2, 0.25) is 0 Å². The maximum atomic E-state index is 5.15. The van der Waals surface area contributed by atoms with Crippen molar-refractivity contribution in [3.05, 3.63) is 29.8 Å². The van der Waals surface area contributed by atoms with Crippen molar-refractivity contribution in [2.24, 2.45) is 0 Å². The average molecular weight is 220 g/mol. The quantitative estimate of drug-likeness (QED) is 0.827. The van der Waals surface area contributed by atoms with Gasteiger partial charge in [-0.05, 0) is 31.2 Å². The molecule has 1 N–H and O–H groups in total. The first-order valence-electron chi connectivity index (χ1n) is 5.83. The first-order chi connectivity index (χ1) is 7.78. The second-order valence-corrected chi connectivity index (χ2v) is 4.47. The highest BCUT2D eigenvalue weighted by molar-refractivity contribution is 5.27. The van der Waals surface area contributed by atoms with Gasteiger partial charge in [0.15, 0.2) is 0 Å². The molecule has 1 heterocycles. The van der Waals surface area contributed by atoms with Gasteiger partial charge in [-0.1, -0.05) is 12.1 Å². The number of nitrogens with one attached hydrogen (secondary N) is 1. The largest absolute Gasteiger partial charge is 0.497 e. The molecular weight excluding hydrogens is 200 g/mol. The van der Waals surface area contributed by atoms with Crippen LogP contribution in [0.3, 0.4) is 0 Å². The summed E-state index contributed by atoms with van der Waals surface area (Å²) in [6.45, 7) is 3.38. The van der Waals surface area contributed by atoms with Crippen molar-refractivity contribution in [3.8, 4) is 5.75 Å². The van der Waals surface area contributed by atoms with Crippen molar-refractivity contribution in [2.75, 3.05) is 33.8 Å². The molecule has 2 rings (SSSR count). The van der Waals surface area contributed by atoms with E-state index < -0.39 is 0 Å². The minimum atomic E-state index is 0.576. The zero-order chi connectivity index (χ0) is 11.4. The van der Waals surface area contributed by atoms with E-state index in [0.29, 0.717) is 6.04 Å². The van der Waals surface area contributed by atoms with Crippen molar-refractivity contribution >= 4 is 0 Å². The molecule has 0 radical (unpaired) electrons. The van der Waals surface area contributed by atoms with E-state index >= 15 is 0 Å². The maximum absolute atomic E-state index is 5.15. The smallest absolute Gasteiger partial charge is 0.118 e. The molecular formula is C13H20N2O. The van der Waals surface area contributed by atoms with Crippen LogP contribution in [-0.2, 0) is 6.42 Å². The Kier molecular flexibility index (Phi) is 3.80. The lowest BCUT2D eigenvalue weighted by atomic mass is 10.0. The summed E-state index contributed by atoms with van der Waals surface area (Å²) >= 11 is 0. The lowest BCUT2D eigenvalue weighted by molar-refractivity contribution is 0.238. The van der Waals surface area contributed by atoms with Crippen molar-refractivity contribution in [3.63, 3.8) is 0 Å². The SMILES string of the molecule is COc1ccc(CC2CN(C)CCN2)cc1. The number of likely N-dealkylation sites (N-methyl/N-ethyl adjacent to an activating group) is 1. The Morgan fingerprint density at radius 2 is 2.12 bits per heavy atom. The van der Waals surface area contributed by atoms with Crippen LogP contribution in [0, 0.1) is 0 Å². The summed E-state index contributed by atoms with van der Waals surface area (Å²) in [6, 6.07) is 8.93. The minimum Gasteiger partial charge on any atom is -0.497 e. The van der Waals surface area contributed by atoms with Crippen LogP contribution < -0.4 is 10.1 Å². The van der Waals surface area contributed by atoms with Crippen LogP contribution in [0.25, 0.3) is 0 Å². The number of nitrogens with zero attached hydrogens (tertiary/aromatic N) is 1. The Balaban J connectivity index is 1.92. The van der Waals surface area contributed by atoms with E-state index in [1.54, 1.807) is 7.11 Å². The highest BCUT2D eigenvalue weighted by atomic mass is 16.5. The average Bonchev–Trinajstić information content (AvgIpc) is 2.30. The summed E-state index contributed by atoms with van der Waals surface area (Å²) in [6.07, 6.45) is 1.09. The Morgan fingerprint density at radius 1 is 1.38 bits per heavy atom. The van der Waals surface area contributed by atoms with Gasteiger partial charge in [-0.25, -0.2) is 0 Å². The van der Waals surface area contributed by atoms with Crippen LogP contribution in [-0.4, -0.2) is 44.7 Å². The minimum absolute atomic E-state index is 0.576. The van der Waals surface area contributed by atoms with Crippen LogP contribution in [0.5, 0.6) is 5.75 Å². The zero-order valence-electron chi connectivity index (χ0n) is 10.1. The Labute approximate surface area is 97.4 Å². The summed E-state index contributed by atoms with van der Waals surface area (Å²) in [5.41, 5.74) is 1.37. The predicted octanol–water partition coefficient (Wildman–Crippen LogP) is 1.14. The van der Waals surface area contributed by atoms with Crippen LogP contribution in [0.15, 0.2) is 24.3 Å². The molecule has 0 aliphatic carbocycles. The molecule has 1 atom stereocenters. The van der Waals surface area contributed by atoms with E-state index in [1.165, 1.54) is 5.56 Å². The van der Waals surface area contributed by atoms with Crippen LogP contribution >= 0.6 is 0 Å². The first-order valence-corrected chi connectivity index (χ1v) is 5.83. The lowest BCUT2D eigenvalue weighted by Crippen LogP contribution is -2.49. The number of piperazine rings is 1. The van der Waals surface area contributed by atoms with Gasteiger partial charge in [0.1, 0.15) is 5.75 Å². The molecule has 1 aromatic carbocycles. The highest BCUT2D eigenvalue weighted by Crippen LogP contribution is 2.13. The molecule has 0 spiro atoms. The van der Waals surface area contributed by atoms with E-state index in [0.717, 1.165) is 31.8 Å². The van der Waals surface area contributed by atoms with E-state index in [4.69, 9.17) is 4.74 Å². The third kappa shape index (κ3) is 2.97. The summed E-state index contributed by atoms with van der Waals surface area (Å²) in [4.78, 5) is 2.38. The molecule has 1 aromatic rings. The first kappa shape index (κ1) is 11.4. The van der Waals surface area contributed by atoms with Gasteiger partial charge in [0.2, 0.25) is 0 Å². The molecule has 3 nitrogen and oxygen atoms in total. The molecule has 0 amide bonds. The van der Waals surface area contributed by atoms with E-state index in [-0.39, 0.29) is 0 Å². The van der Waals surface area contributed by atoms with Gasteiger partial charge >= 0.3 is 0 Å². The fraction of sp³-hybridized carbons (Fsp3) is 0.538. The fourth-order valence-corrected chi connectivity index (χ4v) is 2.17. The van der Waals surface area contributed by atoms with Crippen molar-refractivity contribution < 1.29 is 4.74 Å². The maximum Gasteiger partial charge on any atom is 0.118 e. The number of hydrogen-bond donors (Lipinski definition) is 1. The molecule has 1 unspecified atom stereocenters. The van der Waals surface area contributed by atoms with Crippen molar-refractivity contribution in [2.45, 2.75) is 12.5 Å². The van der Waals surface area contributed by atoms with Gasteiger partial charge in [0, 0.05) is 25.7 Å². The predicted molar refractivity (Wildman–Crippen MR) is 66.0 cm³/mol. The van der Waals surface area contributed by atoms with Gasteiger partial charge in [-0.3, -0.25) is 0 Å². The fourth-order valence-electron chi connectivity index (χ4n) is 2.17. The molecule has 88 valence electrons. The second kappa shape index (κ2) is 5.32. The number of ether oxygens (including phenoxy) is 1. The lowest BCUT2D eigenvalue weighted by Gasteiger charge is -2.31. The summed E-state index contributed by atoms with van der Waals surface area (Å²) < 4.78 is 5.15. The molecule has 1 aliphatic rings. The molecule has 1 saturated heterocycles. The van der Waals surface area contributed by atoms with Crippen LogP contribution in [0.1, 0.15) is 5.56 Å². The Hall–Kier alpha value is -1.06. The standard InChI is InChI=1S/C13H20N2O/c1-15-8-7-14-12(10-15)9-11-3-5-13(16-2)6-4-11/h3-6,12,14H,7-10H2,1-2H3. The summed E-state index contributed by atoms with van der Waals surface area (Å²) in [7, 11) is 3.88. The van der Waals surface area contributed by atoms with Gasteiger partial charge in [-0.2, -0.15) is 0 Å². The van der Waals surface area contributed by atoms with Gasteiger partial charge in [0.25, 0.3) is 0 Å². The third-order valence-electron chi connectivity index (χ3n) is 3.10. The second-order valence-electron chi connectivity index (χ2n) is 4.47. The van der Waals surface area contributed by atoms with Crippen molar-refractivity contribution in [1.29, 1.82) is 0 Å². The topological polar surface area (TPSA) is 24.5 Å². The molecule has 16 heavy (non-hydrogen) atoms. The normalized spacial score (nSPS) is 22.0. The molecule has 0 bridgehead atoms. The Morgan fingerprint density at radius 3 is 2.75 bits per heavy atom. The molecule has 1 aliphatic heterocycles. The molecule has 1 fully saturated rings. The number of methoxy groups -OCH3 is 1. The zero-order valence-corrected chi connectivity index (χ0v) is 10.1. The molecule has 3 heteroatoms. The molecule has 0 aromatic heterocycles. The monoisotopic (exact) mass is 220 g/mol. The number of benzene rings is 1. The van der Waals surface area contributed by atoms with E-state index in [1.807, 2.05) is 12.1 Å². The van der Waals surface area contributed by atoms with Gasteiger partial charge in [0.05, 0.1) is 7.11 Å². The molecule has 0 saturated carbocycles. The van der Waals surface area contributed by atoms with E-state index in [2.05, 4.69) is 29.4 Å². The van der Waals surface area contributed by atoms with Crippen LogP contribution in [0.4, 0.5) is 0 Å². The third-order valence-corrected chi connectivity index (χ3v) is 3.10. The van der Waals surface area contributed by atoms with Gasteiger partial charge in [-0.15, -0.1) is 0 Å². The highest BCUT2D eigenvalue weighted by Gasteiger charge is 2.16. The Bertz CT molecular complexity index is 323. The number of hydrogen-bond acceptors (Lipinski definition) is 3. The van der Waals surface area contributed by atoms with Gasteiger partial charge < -0.3 is 15.0 Å². The summed E-state index contributed by atoms with van der Waals surface area (Å²) in [5.74, 6) is 0.928. The summed E-state index contributed by atoms with van der Waals surface area (Å²) in [5, 5.41) is 3.55. The van der Waals surface area contributed by atoms with E-state index in [9.17, 15) is 0 Å². The van der Waals surface area contributed by atoms with Crippen molar-refractivity contribution in [1.82, 2.24) is 10.2 Å².